The molecule has 35 heavy (non-hydrogen) atoms. The van der Waals surface area contributed by atoms with Gasteiger partial charge in [-0.25, -0.2) is 9.78 Å². The SMILES string of the molecule is CCCCNC(=O)c1csc(CN(CCCC)C(=O)Nc2cc(C(F)(F)F)cc(C(F)(F)F)c2)n1. The molecule has 0 aliphatic heterocycles. The number of anilines is 1. The number of hydrogen-bond donors (Lipinski definition) is 2. The number of carbonyl (C=O) groups excluding carboxylic acids is 2. The number of rotatable bonds is 10. The summed E-state index contributed by atoms with van der Waals surface area (Å²) in [5, 5.41) is 6.79. The first-order valence-electron chi connectivity index (χ1n) is 10.9. The van der Waals surface area contributed by atoms with Gasteiger partial charge in [-0.2, -0.15) is 26.3 Å². The Morgan fingerprint density at radius 1 is 0.971 bits per heavy atom. The number of nitrogens with zero attached hydrogens (tertiary/aromatic N) is 2. The maximum Gasteiger partial charge on any atom is 0.416 e. The molecule has 1 aromatic carbocycles. The average Bonchev–Trinajstić information content (AvgIpc) is 3.24. The summed E-state index contributed by atoms with van der Waals surface area (Å²) in [5.74, 6) is -0.367. The van der Waals surface area contributed by atoms with Gasteiger partial charge in [0, 0.05) is 24.2 Å². The molecule has 1 aromatic heterocycles. The van der Waals surface area contributed by atoms with Crippen molar-refractivity contribution >= 4 is 29.0 Å². The Bertz CT molecular complexity index is 974. The molecular weight excluding hydrogens is 498 g/mol. The number of alkyl halides is 6. The van der Waals surface area contributed by atoms with E-state index in [1.54, 1.807) is 0 Å². The van der Waals surface area contributed by atoms with E-state index >= 15 is 0 Å². The third-order valence-corrected chi connectivity index (χ3v) is 5.67. The summed E-state index contributed by atoms with van der Waals surface area (Å²) in [6.45, 7) is 4.45. The number of nitrogens with one attached hydrogen (secondary N) is 2. The molecule has 0 unspecified atom stereocenters. The Kier molecular flexibility index (Phi) is 9.92. The van der Waals surface area contributed by atoms with Gasteiger partial charge in [-0.3, -0.25) is 4.79 Å². The van der Waals surface area contributed by atoms with Crippen LogP contribution in [0.25, 0.3) is 0 Å². The van der Waals surface area contributed by atoms with Crippen molar-refractivity contribution in [1.82, 2.24) is 15.2 Å². The number of carbonyl (C=O) groups is 2. The number of urea groups is 1. The van der Waals surface area contributed by atoms with Gasteiger partial charge in [0.05, 0.1) is 17.7 Å². The van der Waals surface area contributed by atoms with E-state index < -0.39 is 35.2 Å². The van der Waals surface area contributed by atoms with Crippen LogP contribution in [-0.2, 0) is 18.9 Å². The molecule has 13 heteroatoms. The molecule has 3 amide bonds. The highest BCUT2D eigenvalue weighted by atomic mass is 32.1. The molecule has 0 atom stereocenters. The van der Waals surface area contributed by atoms with Crippen LogP contribution in [0.3, 0.4) is 0 Å². The van der Waals surface area contributed by atoms with Crippen LogP contribution in [0.15, 0.2) is 23.6 Å². The number of benzene rings is 1. The smallest absolute Gasteiger partial charge is 0.351 e. The lowest BCUT2D eigenvalue weighted by molar-refractivity contribution is -0.143. The lowest BCUT2D eigenvalue weighted by Crippen LogP contribution is -2.35. The minimum Gasteiger partial charge on any atom is -0.351 e. The van der Waals surface area contributed by atoms with E-state index in [9.17, 15) is 35.9 Å². The second-order valence-electron chi connectivity index (χ2n) is 7.74. The summed E-state index contributed by atoms with van der Waals surface area (Å²) < 4.78 is 78.7. The highest BCUT2D eigenvalue weighted by Crippen LogP contribution is 2.37. The van der Waals surface area contributed by atoms with E-state index in [2.05, 4.69) is 15.6 Å². The number of aromatic nitrogens is 1. The van der Waals surface area contributed by atoms with Crippen LogP contribution in [0, 0.1) is 0 Å². The zero-order valence-electron chi connectivity index (χ0n) is 19.1. The van der Waals surface area contributed by atoms with Crippen LogP contribution in [-0.4, -0.2) is 34.9 Å². The zero-order chi connectivity index (χ0) is 26.2. The van der Waals surface area contributed by atoms with Crippen LogP contribution >= 0.6 is 11.3 Å². The summed E-state index contributed by atoms with van der Waals surface area (Å²) in [5.41, 5.74) is -3.51. The van der Waals surface area contributed by atoms with Gasteiger partial charge in [-0.1, -0.05) is 26.7 Å². The van der Waals surface area contributed by atoms with Gasteiger partial charge in [0.15, 0.2) is 0 Å². The summed E-state index contributed by atoms with van der Waals surface area (Å²) in [6, 6.07) is 0.0170. The Morgan fingerprint density at radius 3 is 2.11 bits per heavy atom. The van der Waals surface area contributed by atoms with E-state index in [0.29, 0.717) is 36.5 Å². The van der Waals surface area contributed by atoms with Gasteiger partial charge < -0.3 is 15.5 Å². The number of halogens is 6. The van der Waals surface area contributed by atoms with Crippen molar-refractivity contribution in [3.05, 3.63) is 45.4 Å². The van der Waals surface area contributed by atoms with Gasteiger partial charge in [-0.05, 0) is 31.0 Å². The second kappa shape index (κ2) is 12.2. The second-order valence-corrected chi connectivity index (χ2v) is 8.68. The fourth-order valence-electron chi connectivity index (χ4n) is 2.95. The third-order valence-electron chi connectivity index (χ3n) is 4.83. The number of amides is 3. The molecule has 2 rings (SSSR count). The first kappa shape index (κ1) is 28.4. The van der Waals surface area contributed by atoms with Gasteiger partial charge in [0.25, 0.3) is 5.91 Å². The molecule has 0 fully saturated rings. The lowest BCUT2D eigenvalue weighted by Gasteiger charge is -2.23. The maximum atomic E-state index is 13.1. The van der Waals surface area contributed by atoms with E-state index in [-0.39, 0.29) is 30.8 Å². The lowest BCUT2D eigenvalue weighted by atomic mass is 10.1. The number of unbranched alkanes of at least 4 members (excludes halogenated alkanes) is 2. The largest absolute Gasteiger partial charge is 0.416 e. The molecule has 0 aliphatic rings. The first-order valence-corrected chi connectivity index (χ1v) is 11.8. The van der Waals surface area contributed by atoms with E-state index in [0.717, 1.165) is 24.2 Å². The molecule has 0 saturated heterocycles. The van der Waals surface area contributed by atoms with Crippen molar-refractivity contribution in [1.29, 1.82) is 0 Å². The molecule has 6 nitrogen and oxygen atoms in total. The van der Waals surface area contributed by atoms with Crippen molar-refractivity contribution in [2.45, 2.75) is 58.4 Å². The van der Waals surface area contributed by atoms with Crippen LogP contribution < -0.4 is 10.6 Å². The van der Waals surface area contributed by atoms with E-state index in [1.807, 2.05) is 13.8 Å². The maximum absolute atomic E-state index is 13.1. The summed E-state index contributed by atoms with van der Waals surface area (Å²) in [6.07, 6.45) is -7.12. The Hall–Kier alpha value is -2.83. The molecular formula is C22H26F6N4O2S. The predicted molar refractivity (Wildman–Crippen MR) is 120 cm³/mol. The molecule has 2 aromatic rings. The van der Waals surface area contributed by atoms with Crippen molar-refractivity contribution in [2.24, 2.45) is 0 Å². The summed E-state index contributed by atoms with van der Waals surface area (Å²) in [4.78, 5) is 30.4. The average molecular weight is 525 g/mol. The number of hydrogen-bond acceptors (Lipinski definition) is 4. The highest BCUT2D eigenvalue weighted by Gasteiger charge is 2.37. The van der Waals surface area contributed by atoms with Crippen molar-refractivity contribution in [2.75, 3.05) is 18.4 Å². The normalized spacial score (nSPS) is 11.9. The monoisotopic (exact) mass is 524 g/mol. The summed E-state index contributed by atoms with van der Waals surface area (Å²) >= 11 is 1.12. The fourth-order valence-corrected chi connectivity index (χ4v) is 3.74. The van der Waals surface area contributed by atoms with E-state index in [1.165, 1.54) is 10.3 Å². The van der Waals surface area contributed by atoms with Crippen LogP contribution in [0.1, 0.15) is 66.2 Å². The summed E-state index contributed by atoms with van der Waals surface area (Å²) in [7, 11) is 0. The Morgan fingerprint density at radius 2 is 1.57 bits per heavy atom. The minimum absolute atomic E-state index is 0.00678. The molecule has 194 valence electrons. The van der Waals surface area contributed by atoms with Crippen LogP contribution in [0.5, 0.6) is 0 Å². The van der Waals surface area contributed by atoms with Crippen molar-refractivity contribution in [3.63, 3.8) is 0 Å². The quantitative estimate of drug-likeness (QED) is 0.274. The van der Waals surface area contributed by atoms with E-state index in [4.69, 9.17) is 0 Å². The Balaban J connectivity index is 2.21. The predicted octanol–water partition coefficient (Wildman–Crippen LogP) is 6.54. The third kappa shape index (κ3) is 8.71. The molecule has 2 N–H and O–H groups in total. The molecule has 0 bridgehead atoms. The zero-order valence-corrected chi connectivity index (χ0v) is 20.0. The minimum atomic E-state index is -5.03. The van der Waals surface area contributed by atoms with Crippen LogP contribution in [0.2, 0.25) is 0 Å². The van der Waals surface area contributed by atoms with Gasteiger partial charge in [-0.15, -0.1) is 11.3 Å². The number of thiazole rings is 1. The molecule has 0 aliphatic carbocycles. The van der Waals surface area contributed by atoms with Crippen molar-refractivity contribution < 1.29 is 35.9 Å². The topological polar surface area (TPSA) is 74.3 Å². The highest BCUT2D eigenvalue weighted by molar-refractivity contribution is 7.09. The molecule has 0 radical (unpaired) electrons. The Labute approximate surface area is 202 Å². The van der Waals surface area contributed by atoms with Crippen molar-refractivity contribution in [3.8, 4) is 0 Å². The van der Waals surface area contributed by atoms with Gasteiger partial charge in [0.2, 0.25) is 0 Å². The molecule has 1 heterocycles. The molecule has 0 saturated carbocycles. The fraction of sp³-hybridized carbons (Fsp3) is 0.500. The van der Waals surface area contributed by atoms with Gasteiger partial charge in [0.1, 0.15) is 10.7 Å². The van der Waals surface area contributed by atoms with Crippen LogP contribution in [0.4, 0.5) is 36.8 Å². The van der Waals surface area contributed by atoms with Gasteiger partial charge >= 0.3 is 18.4 Å². The molecule has 0 spiro atoms. The first-order chi connectivity index (χ1) is 16.3. The standard InChI is InChI=1S/C22H26F6N4O2S/c1-3-5-7-29-19(33)17-13-35-18(31-17)12-32(8-6-4-2)20(34)30-16-10-14(21(23,24)25)9-15(11-16)22(26,27)28/h9-11,13H,3-8,12H2,1-2H3,(H,29,33)(H,30,34).